The standard InChI is InChI=1S/C17H15FN2O/c18-15-11-14(12-19)9-10-16(15)20-17(21)8-4-7-13-5-2-1-3-6-13/h1-3,5-6,9-11H,4,7-8H2,(H,20,21). The molecule has 0 fully saturated rings. The molecule has 0 unspecified atom stereocenters. The second kappa shape index (κ2) is 7.20. The first-order valence-corrected chi connectivity index (χ1v) is 6.72. The first-order valence-electron chi connectivity index (χ1n) is 6.72. The van der Waals surface area contributed by atoms with Crippen LogP contribution in [0, 0.1) is 17.1 Å². The molecule has 2 aromatic rings. The Kier molecular flexibility index (Phi) is 5.05. The van der Waals surface area contributed by atoms with E-state index in [4.69, 9.17) is 5.26 Å². The molecular formula is C17H15FN2O. The van der Waals surface area contributed by atoms with Gasteiger partial charge >= 0.3 is 0 Å². The summed E-state index contributed by atoms with van der Waals surface area (Å²) in [5.74, 6) is -0.819. The van der Waals surface area contributed by atoms with Crippen molar-refractivity contribution in [1.82, 2.24) is 0 Å². The van der Waals surface area contributed by atoms with Gasteiger partial charge in [0.1, 0.15) is 5.82 Å². The molecule has 0 aliphatic heterocycles. The molecule has 0 aliphatic carbocycles. The van der Waals surface area contributed by atoms with Crippen molar-refractivity contribution in [3.05, 3.63) is 65.5 Å². The summed E-state index contributed by atoms with van der Waals surface area (Å²) in [5.41, 5.74) is 1.52. The Morgan fingerprint density at radius 2 is 1.95 bits per heavy atom. The van der Waals surface area contributed by atoms with E-state index in [0.29, 0.717) is 12.8 Å². The summed E-state index contributed by atoms with van der Waals surface area (Å²) >= 11 is 0. The number of halogens is 1. The number of aryl methyl sites for hydroxylation is 1. The van der Waals surface area contributed by atoms with E-state index in [1.54, 1.807) is 0 Å². The SMILES string of the molecule is N#Cc1ccc(NC(=O)CCCc2ccccc2)c(F)c1. The summed E-state index contributed by atoms with van der Waals surface area (Å²) < 4.78 is 13.6. The Hall–Kier alpha value is -2.67. The Morgan fingerprint density at radius 3 is 2.62 bits per heavy atom. The number of amides is 1. The fourth-order valence-electron chi connectivity index (χ4n) is 2.00. The van der Waals surface area contributed by atoms with Crippen molar-refractivity contribution in [1.29, 1.82) is 5.26 Å². The van der Waals surface area contributed by atoms with Crippen LogP contribution in [0.15, 0.2) is 48.5 Å². The van der Waals surface area contributed by atoms with Crippen LogP contribution in [0.4, 0.5) is 10.1 Å². The lowest BCUT2D eigenvalue weighted by atomic mass is 10.1. The van der Waals surface area contributed by atoms with Crippen LogP contribution in [0.1, 0.15) is 24.0 Å². The maximum atomic E-state index is 13.6. The van der Waals surface area contributed by atoms with Crippen LogP contribution in [0.5, 0.6) is 0 Å². The van der Waals surface area contributed by atoms with Gasteiger partial charge in [-0.25, -0.2) is 4.39 Å². The Balaban J connectivity index is 1.83. The molecule has 0 heterocycles. The molecular weight excluding hydrogens is 267 g/mol. The number of benzene rings is 2. The molecule has 3 nitrogen and oxygen atoms in total. The highest BCUT2D eigenvalue weighted by molar-refractivity contribution is 5.90. The second-order valence-corrected chi connectivity index (χ2v) is 4.69. The van der Waals surface area contributed by atoms with Crippen molar-refractivity contribution >= 4 is 11.6 Å². The Labute approximate surface area is 123 Å². The first-order chi connectivity index (χ1) is 10.2. The van der Waals surface area contributed by atoms with Crippen LogP contribution in [-0.2, 0) is 11.2 Å². The molecule has 1 N–H and O–H groups in total. The summed E-state index contributed by atoms with van der Waals surface area (Å²) in [4.78, 5) is 11.8. The summed E-state index contributed by atoms with van der Waals surface area (Å²) in [7, 11) is 0. The number of nitrogens with one attached hydrogen (secondary N) is 1. The maximum Gasteiger partial charge on any atom is 0.224 e. The lowest BCUT2D eigenvalue weighted by molar-refractivity contribution is -0.116. The molecule has 1 amide bonds. The molecule has 21 heavy (non-hydrogen) atoms. The van der Waals surface area contributed by atoms with Gasteiger partial charge < -0.3 is 5.32 Å². The monoisotopic (exact) mass is 282 g/mol. The van der Waals surface area contributed by atoms with Crippen LogP contribution < -0.4 is 5.32 Å². The molecule has 0 aromatic heterocycles. The Morgan fingerprint density at radius 1 is 1.19 bits per heavy atom. The third-order valence-corrected chi connectivity index (χ3v) is 3.08. The quantitative estimate of drug-likeness (QED) is 0.909. The number of nitrogens with zero attached hydrogens (tertiary/aromatic N) is 1. The largest absolute Gasteiger partial charge is 0.324 e. The number of hydrogen-bond donors (Lipinski definition) is 1. The van der Waals surface area contributed by atoms with Crippen molar-refractivity contribution < 1.29 is 9.18 Å². The van der Waals surface area contributed by atoms with Gasteiger partial charge in [0.25, 0.3) is 0 Å². The number of rotatable bonds is 5. The van der Waals surface area contributed by atoms with Gasteiger partial charge in [0.2, 0.25) is 5.91 Å². The van der Waals surface area contributed by atoms with E-state index in [0.717, 1.165) is 12.5 Å². The average Bonchev–Trinajstić information content (AvgIpc) is 2.50. The summed E-state index contributed by atoms with van der Waals surface area (Å²) in [6.45, 7) is 0. The van der Waals surface area contributed by atoms with Gasteiger partial charge in [0.15, 0.2) is 0 Å². The van der Waals surface area contributed by atoms with E-state index in [9.17, 15) is 9.18 Å². The minimum atomic E-state index is -0.592. The van der Waals surface area contributed by atoms with Crippen molar-refractivity contribution in [2.24, 2.45) is 0 Å². The number of anilines is 1. The van der Waals surface area contributed by atoms with Crippen molar-refractivity contribution in [3.8, 4) is 6.07 Å². The van der Waals surface area contributed by atoms with Gasteiger partial charge in [0, 0.05) is 6.42 Å². The van der Waals surface area contributed by atoms with Crippen LogP contribution in [-0.4, -0.2) is 5.91 Å². The van der Waals surface area contributed by atoms with Crippen LogP contribution >= 0.6 is 0 Å². The predicted molar refractivity (Wildman–Crippen MR) is 79.1 cm³/mol. The van der Waals surface area contributed by atoms with Gasteiger partial charge in [-0.15, -0.1) is 0 Å². The molecule has 0 aliphatic rings. The molecule has 0 saturated carbocycles. The van der Waals surface area contributed by atoms with Gasteiger partial charge in [0.05, 0.1) is 17.3 Å². The summed E-state index contributed by atoms with van der Waals surface area (Å²) in [5, 5.41) is 11.2. The molecule has 0 bridgehead atoms. The highest BCUT2D eigenvalue weighted by atomic mass is 19.1. The minimum absolute atomic E-state index is 0.110. The zero-order valence-electron chi connectivity index (χ0n) is 11.5. The molecule has 0 spiro atoms. The normalized spacial score (nSPS) is 9.90. The number of carbonyl (C=O) groups is 1. The highest BCUT2D eigenvalue weighted by Gasteiger charge is 2.07. The zero-order valence-corrected chi connectivity index (χ0v) is 11.5. The molecule has 0 radical (unpaired) electrons. The molecule has 0 saturated heterocycles. The van der Waals surface area contributed by atoms with E-state index < -0.39 is 5.82 Å². The smallest absolute Gasteiger partial charge is 0.224 e. The van der Waals surface area contributed by atoms with Crippen molar-refractivity contribution in [2.45, 2.75) is 19.3 Å². The molecule has 2 rings (SSSR count). The van der Waals surface area contributed by atoms with Gasteiger partial charge in [-0.2, -0.15) is 5.26 Å². The third kappa shape index (κ3) is 4.43. The second-order valence-electron chi connectivity index (χ2n) is 4.69. The predicted octanol–water partition coefficient (Wildman–Crippen LogP) is 3.66. The fourth-order valence-corrected chi connectivity index (χ4v) is 2.00. The van der Waals surface area contributed by atoms with E-state index >= 15 is 0 Å². The third-order valence-electron chi connectivity index (χ3n) is 3.08. The van der Waals surface area contributed by atoms with E-state index in [-0.39, 0.29) is 17.2 Å². The lowest BCUT2D eigenvalue weighted by Gasteiger charge is -2.06. The summed E-state index contributed by atoms with van der Waals surface area (Å²) in [6.07, 6.45) is 1.84. The molecule has 0 atom stereocenters. The number of nitriles is 1. The lowest BCUT2D eigenvalue weighted by Crippen LogP contribution is -2.12. The average molecular weight is 282 g/mol. The van der Waals surface area contributed by atoms with Crippen LogP contribution in [0.25, 0.3) is 0 Å². The van der Waals surface area contributed by atoms with Gasteiger partial charge in [-0.05, 0) is 36.6 Å². The van der Waals surface area contributed by atoms with Crippen LogP contribution in [0.3, 0.4) is 0 Å². The number of carbonyl (C=O) groups excluding carboxylic acids is 1. The highest BCUT2D eigenvalue weighted by Crippen LogP contribution is 2.16. The fraction of sp³-hybridized carbons (Fsp3) is 0.176. The molecule has 4 heteroatoms. The Bertz CT molecular complexity index is 662. The zero-order chi connectivity index (χ0) is 15.1. The van der Waals surface area contributed by atoms with Crippen molar-refractivity contribution in [3.63, 3.8) is 0 Å². The minimum Gasteiger partial charge on any atom is -0.324 e. The first kappa shape index (κ1) is 14.7. The topological polar surface area (TPSA) is 52.9 Å². The van der Waals surface area contributed by atoms with Crippen LogP contribution in [0.2, 0.25) is 0 Å². The van der Waals surface area contributed by atoms with E-state index in [1.165, 1.54) is 17.7 Å². The van der Waals surface area contributed by atoms with Gasteiger partial charge in [-0.1, -0.05) is 30.3 Å². The van der Waals surface area contributed by atoms with Gasteiger partial charge in [-0.3, -0.25) is 4.79 Å². The van der Waals surface area contributed by atoms with E-state index in [2.05, 4.69) is 5.32 Å². The number of hydrogen-bond acceptors (Lipinski definition) is 2. The summed E-state index contributed by atoms with van der Waals surface area (Å²) in [6, 6.07) is 15.7. The molecule has 2 aromatic carbocycles. The van der Waals surface area contributed by atoms with Crippen molar-refractivity contribution in [2.75, 3.05) is 5.32 Å². The maximum absolute atomic E-state index is 13.6. The van der Waals surface area contributed by atoms with E-state index in [1.807, 2.05) is 36.4 Å². The molecule has 106 valence electrons.